The molecule has 5 fully saturated rings. The van der Waals surface area contributed by atoms with E-state index in [0.717, 1.165) is 0 Å². The lowest BCUT2D eigenvalue weighted by molar-refractivity contribution is -0.391. The number of aliphatic hydroxyl groups excluding tert-OH is 18. The van der Waals surface area contributed by atoms with E-state index >= 15 is 0 Å². The Labute approximate surface area is 404 Å². The molecular weight excluding hydrogens is 970 g/mol. The molecule has 412 valence electrons. The fourth-order valence-electron chi connectivity index (χ4n) is 9.23. The van der Waals surface area contributed by atoms with Gasteiger partial charge in [-0.15, -0.1) is 0 Å². The van der Waals surface area contributed by atoms with Crippen molar-refractivity contribution in [2.24, 2.45) is 0 Å². The average molecular weight is 1040 g/mol. The molecule has 1 aliphatic carbocycles. The van der Waals surface area contributed by atoms with Crippen LogP contribution in [-0.4, -0.2) is 309 Å². The lowest BCUT2D eigenvalue weighted by Gasteiger charge is -2.49. The highest BCUT2D eigenvalue weighted by atomic mass is 16.8. The second-order valence-corrected chi connectivity index (χ2v) is 18.2. The molecule has 0 aromatic carbocycles. The fourth-order valence-corrected chi connectivity index (χ4v) is 9.23. The molecule has 29 atom stereocenters. The van der Waals surface area contributed by atoms with E-state index < -0.39 is 217 Å². The molecule has 0 aromatic heterocycles. The van der Waals surface area contributed by atoms with Crippen LogP contribution < -0.4 is 5.32 Å². The van der Waals surface area contributed by atoms with Crippen molar-refractivity contribution in [3.63, 3.8) is 0 Å². The molecule has 5 heterocycles. The highest BCUT2D eigenvalue weighted by molar-refractivity contribution is 5.69. The Morgan fingerprint density at radius 3 is 1.38 bits per heavy atom. The Hall–Kier alpha value is -1.91. The van der Waals surface area contributed by atoms with Gasteiger partial charge >= 0.3 is 5.97 Å². The first kappa shape index (κ1) is 58.4. The van der Waals surface area contributed by atoms with E-state index in [2.05, 4.69) is 5.32 Å². The monoisotopic (exact) mass is 1040 g/mol. The third kappa shape index (κ3) is 12.5. The molecule has 5 saturated heterocycles. The Morgan fingerprint density at radius 2 is 0.930 bits per heavy atom. The minimum absolute atomic E-state index is 0.0296. The summed E-state index contributed by atoms with van der Waals surface area (Å²) in [6.07, 6.45) is -47.8. The van der Waals surface area contributed by atoms with Crippen molar-refractivity contribution in [1.82, 2.24) is 5.32 Å². The molecule has 0 unspecified atom stereocenters. The highest BCUT2D eigenvalue weighted by Gasteiger charge is 2.57. The molecule has 6 aliphatic rings. The van der Waals surface area contributed by atoms with E-state index in [4.69, 9.17) is 47.4 Å². The number of rotatable bonds is 18. The normalized spacial score (nSPS) is 49.8. The van der Waals surface area contributed by atoms with Crippen molar-refractivity contribution in [2.75, 3.05) is 33.0 Å². The van der Waals surface area contributed by atoms with Crippen LogP contribution in [-0.2, 0) is 52.2 Å². The van der Waals surface area contributed by atoms with Gasteiger partial charge in [0.1, 0.15) is 135 Å². The fraction of sp³-hybridized carbons (Fsp3) is 0.927. The summed E-state index contributed by atoms with van der Waals surface area (Å²) < 4.78 is 56.3. The number of esters is 1. The summed E-state index contributed by atoms with van der Waals surface area (Å²) in [5.41, 5.74) is -0.0296. The van der Waals surface area contributed by atoms with Crippen LogP contribution in [0.4, 0.5) is 0 Å². The van der Waals surface area contributed by atoms with Gasteiger partial charge in [-0.1, -0.05) is 13.0 Å². The van der Waals surface area contributed by atoms with Gasteiger partial charge in [0.2, 0.25) is 0 Å². The standard InChI is InChI=1S/C41H69NO29/c1-3-4-18(47)62-10-17-36(71-38-29(57)22(50)19(11(2)63-38)42-13-5-12(6-43)20(48)23(51)21(13)49)27(55)32(60)41(67-17)70-35-16(9-46)66-40(31(59)26(35)54)69-34-15(8-45)65-39(30(58)25(34)53)68-33-14(7-44)64-37(61)28(56)24(33)52/h5,11,13-17,19-46,48-61H,3-4,6-10H2,1-2H3/t11-,13+,14-,15-,16-,17-,19-,20-,21+,22+,23+,24-,25-,26-,27-,28-,29-,30-,31-,32-,33-,34-,35-,36-,37-,38-,39-,40-,41-/m1/s1. The van der Waals surface area contributed by atoms with Crippen LogP contribution >= 0.6 is 0 Å². The largest absolute Gasteiger partial charge is 0.463 e. The SMILES string of the molecule is CCCC(=O)OC[C@H]1O[C@H](O[C@H]2[C@H](O)[C@@H](O)[C@@H](O[C@H]3[C@H](O)[C@@H](O)[C@@H](O[C@H]4[C@H](O)[C@@H](O)[C@H](O)O[C@@H]4CO)O[C@@H]3CO)O[C@@H]2CO)[C@H](O)[C@@H](O)[C@@H]1O[C@H]1O[C@H](C)[C@@H](N[C@H]2C=C(CO)[C@@H](O)[C@H](O)[C@H]2O)[C@H](O)[C@H]1O. The zero-order valence-corrected chi connectivity index (χ0v) is 38.3. The third-order valence-electron chi connectivity index (χ3n) is 13.4. The van der Waals surface area contributed by atoms with Gasteiger partial charge in [-0.3, -0.25) is 4.79 Å². The molecule has 0 spiro atoms. The molecule has 5 aliphatic heterocycles. The predicted octanol–water partition coefficient (Wildman–Crippen LogP) is -11.6. The Morgan fingerprint density at radius 1 is 0.521 bits per heavy atom. The van der Waals surface area contributed by atoms with Crippen LogP contribution in [0.1, 0.15) is 26.7 Å². The molecule has 71 heavy (non-hydrogen) atoms. The summed E-state index contributed by atoms with van der Waals surface area (Å²) in [5, 5.41) is 194. The van der Waals surface area contributed by atoms with Gasteiger partial charge in [0.15, 0.2) is 31.5 Å². The maximum Gasteiger partial charge on any atom is 0.305 e. The Balaban J connectivity index is 1.12. The van der Waals surface area contributed by atoms with Crippen LogP contribution in [0.15, 0.2) is 11.6 Å². The molecule has 19 N–H and O–H groups in total. The van der Waals surface area contributed by atoms with Crippen LogP contribution in [0.3, 0.4) is 0 Å². The van der Waals surface area contributed by atoms with E-state index in [0.29, 0.717) is 6.42 Å². The number of carbonyl (C=O) groups excluding carboxylic acids is 1. The highest BCUT2D eigenvalue weighted by Crippen LogP contribution is 2.36. The smallest absolute Gasteiger partial charge is 0.305 e. The minimum Gasteiger partial charge on any atom is -0.463 e. The molecule has 30 heteroatoms. The van der Waals surface area contributed by atoms with Gasteiger partial charge in [0, 0.05) is 6.42 Å². The first-order valence-electron chi connectivity index (χ1n) is 23.1. The van der Waals surface area contributed by atoms with Crippen molar-refractivity contribution in [3.05, 3.63) is 11.6 Å². The molecular formula is C41H69NO29. The number of hydrogen-bond acceptors (Lipinski definition) is 30. The zero-order valence-electron chi connectivity index (χ0n) is 38.3. The maximum atomic E-state index is 12.5. The second kappa shape index (κ2) is 25.3. The maximum absolute atomic E-state index is 12.5. The summed E-state index contributed by atoms with van der Waals surface area (Å²) in [7, 11) is 0. The van der Waals surface area contributed by atoms with Crippen LogP contribution in [0.2, 0.25) is 0 Å². The predicted molar refractivity (Wildman–Crippen MR) is 222 cm³/mol. The van der Waals surface area contributed by atoms with Crippen molar-refractivity contribution in [3.8, 4) is 0 Å². The van der Waals surface area contributed by atoms with Gasteiger partial charge in [0.05, 0.1) is 44.6 Å². The quantitative estimate of drug-likeness (QED) is 0.0448. The van der Waals surface area contributed by atoms with Gasteiger partial charge in [-0.05, 0) is 18.9 Å². The molecule has 30 nitrogen and oxygen atoms in total. The van der Waals surface area contributed by atoms with Crippen LogP contribution in [0.25, 0.3) is 0 Å². The van der Waals surface area contributed by atoms with E-state index in [1.54, 1.807) is 6.92 Å². The Kier molecular flexibility index (Phi) is 20.8. The number of aliphatic hydroxyl groups is 18. The first-order valence-corrected chi connectivity index (χ1v) is 23.1. The van der Waals surface area contributed by atoms with Crippen LogP contribution in [0, 0.1) is 0 Å². The lowest BCUT2D eigenvalue weighted by Crippen LogP contribution is -2.69. The summed E-state index contributed by atoms with van der Waals surface area (Å²) in [5.74, 6) is -0.729. The van der Waals surface area contributed by atoms with Gasteiger partial charge in [-0.25, -0.2) is 0 Å². The summed E-state index contributed by atoms with van der Waals surface area (Å²) in [6, 6.07) is -2.36. The van der Waals surface area contributed by atoms with Crippen molar-refractivity contribution >= 4 is 5.97 Å². The molecule has 0 aromatic rings. The third-order valence-corrected chi connectivity index (χ3v) is 13.4. The summed E-state index contributed by atoms with van der Waals surface area (Å²) >= 11 is 0. The van der Waals surface area contributed by atoms with Crippen LogP contribution in [0.5, 0.6) is 0 Å². The number of nitrogens with one attached hydrogen (secondary N) is 1. The number of ether oxygens (including phenoxy) is 10. The first-order chi connectivity index (χ1) is 33.6. The van der Waals surface area contributed by atoms with Gasteiger partial charge in [-0.2, -0.15) is 0 Å². The second-order valence-electron chi connectivity index (χ2n) is 18.2. The van der Waals surface area contributed by atoms with Crippen molar-refractivity contribution < 1.29 is 144 Å². The topological polar surface area (TPSA) is 486 Å². The molecule has 0 bridgehead atoms. The molecule has 6 rings (SSSR count). The molecule has 0 saturated carbocycles. The summed E-state index contributed by atoms with van der Waals surface area (Å²) in [4.78, 5) is 12.5. The van der Waals surface area contributed by atoms with E-state index in [9.17, 15) is 96.7 Å². The average Bonchev–Trinajstić information content (AvgIpc) is 3.35. The van der Waals surface area contributed by atoms with E-state index in [1.807, 2.05) is 0 Å². The van der Waals surface area contributed by atoms with Crippen molar-refractivity contribution in [2.45, 2.75) is 205 Å². The number of hydrogen-bond donors (Lipinski definition) is 19. The lowest BCUT2D eigenvalue weighted by atomic mass is 9.86. The molecule has 0 radical (unpaired) electrons. The minimum atomic E-state index is -2.16. The Bertz CT molecular complexity index is 1700. The number of carbonyl (C=O) groups is 1. The van der Waals surface area contributed by atoms with Gasteiger partial charge in [0.25, 0.3) is 0 Å². The van der Waals surface area contributed by atoms with Crippen molar-refractivity contribution in [1.29, 1.82) is 0 Å². The van der Waals surface area contributed by atoms with Gasteiger partial charge < -0.3 is 145 Å². The summed E-state index contributed by atoms with van der Waals surface area (Å²) in [6.45, 7) is -1.09. The molecule has 0 amide bonds. The van der Waals surface area contributed by atoms with E-state index in [1.165, 1.54) is 13.0 Å². The van der Waals surface area contributed by atoms with E-state index in [-0.39, 0.29) is 12.0 Å². The zero-order chi connectivity index (χ0) is 52.3.